The number of carbonyl (C=O) groups excluding carboxylic acids is 1. The van der Waals surface area contributed by atoms with Gasteiger partial charge in [-0.1, -0.05) is 83.5 Å². The van der Waals surface area contributed by atoms with Crippen LogP contribution in [0, 0.1) is 0 Å². The van der Waals surface area contributed by atoms with Crippen LogP contribution in [0.5, 0.6) is 0 Å². The summed E-state index contributed by atoms with van der Waals surface area (Å²) in [6, 6.07) is 25.0. The van der Waals surface area contributed by atoms with E-state index in [-0.39, 0.29) is 11.7 Å². The van der Waals surface area contributed by atoms with E-state index in [2.05, 4.69) is 15.5 Å². The minimum absolute atomic E-state index is 0.165. The van der Waals surface area contributed by atoms with Crippen molar-refractivity contribution in [2.45, 2.75) is 5.16 Å². The molecule has 0 bridgehead atoms. The van der Waals surface area contributed by atoms with Gasteiger partial charge in [0.05, 0.1) is 27.0 Å². The molecule has 0 saturated carbocycles. The predicted molar refractivity (Wildman–Crippen MR) is 143 cm³/mol. The maximum atomic E-state index is 12.5. The van der Waals surface area contributed by atoms with Crippen LogP contribution in [0.4, 0.5) is 5.69 Å². The third kappa shape index (κ3) is 5.03. The first-order valence-electron chi connectivity index (χ1n) is 10.7. The van der Waals surface area contributed by atoms with Crippen molar-refractivity contribution in [1.29, 1.82) is 0 Å². The van der Waals surface area contributed by atoms with E-state index in [1.165, 1.54) is 11.8 Å². The second kappa shape index (κ2) is 10.1. The Morgan fingerprint density at radius 2 is 1.71 bits per heavy atom. The van der Waals surface area contributed by atoms with Crippen LogP contribution >= 0.6 is 35.0 Å². The number of carbonyl (C=O) groups is 1. The van der Waals surface area contributed by atoms with E-state index in [0.717, 1.165) is 27.7 Å². The van der Waals surface area contributed by atoms with Crippen molar-refractivity contribution >= 4 is 57.5 Å². The van der Waals surface area contributed by atoms with Crippen LogP contribution in [0.1, 0.15) is 0 Å². The number of thioether (sulfide) groups is 1. The van der Waals surface area contributed by atoms with E-state index < -0.39 is 0 Å². The molecule has 0 radical (unpaired) electrons. The zero-order chi connectivity index (χ0) is 24.4. The molecule has 0 fully saturated rings. The lowest BCUT2D eigenvalue weighted by Crippen LogP contribution is -2.14. The molecule has 3 aromatic carbocycles. The highest BCUT2D eigenvalue weighted by molar-refractivity contribution is 7.99. The van der Waals surface area contributed by atoms with Crippen molar-refractivity contribution in [3.63, 3.8) is 0 Å². The van der Waals surface area contributed by atoms with Gasteiger partial charge >= 0.3 is 0 Å². The normalized spacial score (nSPS) is 11.1. The smallest absolute Gasteiger partial charge is 0.234 e. The molecule has 0 aliphatic rings. The largest absolute Gasteiger partial charge is 0.325 e. The molecule has 0 saturated heterocycles. The summed E-state index contributed by atoms with van der Waals surface area (Å²) in [5, 5.41) is 14.0. The van der Waals surface area contributed by atoms with Crippen molar-refractivity contribution in [2.75, 3.05) is 11.1 Å². The fraction of sp³-hybridized carbons (Fsp3) is 0.0769. The quantitative estimate of drug-likeness (QED) is 0.251. The van der Waals surface area contributed by atoms with Gasteiger partial charge in [-0.05, 0) is 30.3 Å². The van der Waals surface area contributed by atoms with Gasteiger partial charge in [-0.15, -0.1) is 10.2 Å². The average Bonchev–Trinajstić information content (AvgIpc) is 3.24. The van der Waals surface area contributed by atoms with Gasteiger partial charge in [0.15, 0.2) is 11.0 Å². The summed E-state index contributed by atoms with van der Waals surface area (Å²) in [4.78, 5) is 17.3. The Balaban J connectivity index is 1.41. The average molecular weight is 520 g/mol. The number of rotatable bonds is 6. The number of amides is 1. The lowest BCUT2D eigenvalue weighted by molar-refractivity contribution is -0.113. The summed E-state index contributed by atoms with van der Waals surface area (Å²) < 4.78 is 1.90. The monoisotopic (exact) mass is 519 g/mol. The highest BCUT2D eigenvalue weighted by Gasteiger charge is 2.17. The maximum Gasteiger partial charge on any atom is 0.234 e. The van der Waals surface area contributed by atoms with Gasteiger partial charge in [-0.3, -0.25) is 4.79 Å². The van der Waals surface area contributed by atoms with Crippen LogP contribution in [0.25, 0.3) is 33.5 Å². The number of pyridine rings is 1. The molecule has 1 N–H and O–H groups in total. The number of anilines is 1. The number of aromatic nitrogens is 4. The van der Waals surface area contributed by atoms with Crippen LogP contribution < -0.4 is 5.32 Å². The maximum absolute atomic E-state index is 12.5. The third-order valence-corrected chi connectivity index (χ3v) is 7.16. The van der Waals surface area contributed by atoms with Crippen LogP contribution in [-0.4, -0.2) is 31.4 Å². The topological polar surface area (TPSA) is 72.7 Å². The summed E-state index contributed by atoms with van der Waals surface area (Å²) >= 11 is 13.3. The summed E-state index contributed by atoms with van der Waals surface area (Å²) in [6.45, 7) is 0. The molecule has 6 nitrogen and oxygen atoms in total. The van der Waals surface area contributed by atoms with Crippen LogP contribution in [0.3, 0.4) is 0 Å². The molecule has 2 heterocycles. The summed E-state index contributed by atoms with van der Waals surface area (Å²) in [5.41, 5.74) is 4.27. The number of hydrogen-bond donors (Lipinski definition) is 1. The first-order chi connectivity index (χ1) is 17.0. The molecule has 1 amide bonds. The van der Waals surface area contributed by atoms with Gasteiger partial charge in [0.2, 0.25) is 5.91 Å². The Labute approximate surface area is 216 Å². The molecule has 0 spiro atoms. The van der Waals surface area contributed by atoms with E-state index in [4.69, 9.17) is 28.2 Å². The molecule has 5 aromatic rings. The number of nitrogens with one attached hydrogen (secondary N) is 1. The molecule has 0 aliphatic heterocycles. The minimum atomic E-state index is -0.182. The first kappa shape index (κ1) is 23.4. The fourth-order valence-corrected chi connectivity index (χ4v) is 4.70. The number of para-hydroxylation sites is 1. The molecule has 0 aliphatic carbocycles. The summed E-state index contributed by atoms with van der Waals surface area (Å²) in [5.74, 6) is 0.685. The van der Waals surface area contributed by atoms with Gasteiger partial charge in [0.25, 0.3) is 0 Å². The minimum Gasteiger partial charge on any atom is -0.325 e. The Morgan fingerprint density at radius 3 is 2.51 bits per heavy atom. The van der Waals surface area contributed by atoms with E-state index in [0.29, 0.717) is 26.7 Å². The molecule has 0 unspecified atom stereocenters. The van der Waals surface area contributed by atoms with E-state index >= 15 is 0 Å². The molecular weight excluding hydrogens is 501 g/mol. The summed E-state index contributed by atoms with van der Waals surface area (Å²) in [6.07, 6.45) is 0. The van der Waals surface area contributed by atoms with Gasteiger partial charge in [-0.25, -0.2) is 4.98 Å². The van der Waals surface area contributed by atoms with Crippen molar-refractivity contribution < 1.29 is 4.79 Å². The third-order valence-electron chi connectivity index (χ3n) is 5.40. The number of nitrogens with zero attached hydrogens (tertiary/aromatic N) is 4. The second-order valence-corrected chi connectivity index (χ2v) is 9.53. The lowest BCUT2D eigenvalue weighted by atomic mass is 10.0. The van der Waals surface area contributed by atoms with E-state index in [9.17, 15) is 4.79 Å². The van der Waals surface area contributed by atoms with Gasteiger partial charge < -0.3 is 9.88 Å². The number of hydrogen-bond acceptors (Lipinski definition) is 5. The van der Waals surface area contributed by atoms with Crippen molar-refractivity contribution in [3.05, 3.63) is 88.9 Å². The van der Waals surface area contributed by atoms with E-state index in [1.807, 2.05) is 72.3 Å². The molecule has 9 heteroatoms. The molecular formula is C26H19Cl2N5OS. The Kier molecular flexibility index (Phi) is 6.72. The molecule has 174 valence electrons. The highest BCUT2D eigenvalue weighted by atomic mass is 35.5. The predicted octanol–water partition coefficient (Wildman–Crippen LogP) is 6.73. The number of fused-ring (bicyclic) bond motifs is 1. The van der Waals surface area contributed by atoms with Gasteiger partial charge in [0.1, 0.15) is 0 Å². The highest BCUT2D eigenvalue weighted by Crippen LogP contribution is 2.32. The zero-order valence-corrected chi connectivity index (χ0v) is 20.9. The van der Waals surface area contributed by atoms with Crippen LogP contribution in [0.15, 0.2) is 84.0 Å². The summed E-state index contributed by atoms with van der Waals surface area (Å²) in [7, 11) is 1.89. The SMILES string of the molecule is Cn1c(SCC(=O)Nc2ccc(Cl)c(Cl)c2)nnc1-c1cc(-c2ccccc2)nc2ccccc12. The van der Waals surface area contributed by atoms with Gasteiger partial charge in [-0.2, -0.15) is 0 Å². The zero-order valence-electron chi connectivity index (χ0n) is 18.6. The second-order valence-electron chi connectivity index (χ2n) is 7.77. The van der Waals surface area contributed by atoms with Crippen molar-refractivity contribution in [1.82, 2.24) is 19.7 Å². The van der Waals surface area contributed by atoms with Crippen molar-refractivity contribution in [3.8, 4) is 22.6 Å². The molecule has 5 rings (SSSR count). The van der Waals surface area contributed by atoms with E-state index in [1.54, 1.807) is 18.2 Å². The standard InChI is InChI=1S/C26H19Cl2N5OS/c1-33-25(31-32-26(33)35-15-24(34)29-17-11-12-20(27)21(28)13-17)19-14-23(16-7-3-2-4-8-16)30-22-10-6-5-9-18(19)22/h2-14H,15H2,1H3,(H,29,34). The van der Waals surface area contributed by atoms with Crippen LogP contribution in [0.2, 0.25) is 10.0 Å². The van der Waals surface area contributed by atoms with Crippen LogP contribution in [-0.2, 0) is 11.8 Å². The number of benzene rings is 3. The Bertz CT molecular complexity index is 1540. The lowest BCUT2D eigenvalue weighted by Gasteiger charge is -2.10. The fourth-order valence-electron chi connectivity index (χ4n) is 3.69. The molecule has 35 heavy (non-hydrogen) atoms. The first-order valence-corrected chi connectivity index (χ1v) is 12.5. The van der Waals surface area contributed by atoms with Crippen molar-refractivity contribution in [2.24, 2.45) is 7.05 Å². The number of halogens is 2. The Hall–Kier alpha value is -3.39. The van der Waals surface area contributed by atoms with Gasteiger partial charge in [0, 0.05) is 29.2 Å². The molecule has 0 atom stereocenters. The molecule has 2 aromatic heterocycles. The Morgan fingerprint density at radius 1 is 0.943 bits per heavy atom.